The zero-order valence-corrected chi connectivity index (χ0v) is 18.3. The molecule has 1 fully saturated rings. The third-order valence-electron chi connectivity index (χ3n) is 5.87. The Bertz CT molecular complexity index is 1160. The third-order valence-corrected chi connectivity index (χ3v) is 6.74. The summed E-state index contributed by atoms with van der Waals surface area (Å²) in [7, 11) is 2.16. The lowest BCUT2D eigenvalue weighted by atomic mass is 10.00. The molecular formula is C25H25N3O2S. The molecule has 1 atom stereocenters. The number of benzene rings is 2. The van der Waals surface area contributed by atoms with Gasteiger partial charge in [-0.1, -0.05) is 48.5 Å². The van der Waals surface area contributed by atoms with Crippen molar-refractivity contribution in [2.24, 2.45) is 0 Å². The van der Waals surface area contributed by atoms with E-state index in [4.69, 9.17) is 4.42 Å². The van der Waals surface area contributed by atoms with Crippen LogP contribution >= 0.6 is 11.3 Å². The highest BCUT2D eigenvalue weighted by Crippen LogP contribution is 2.40. The molecular weight excluding hydrogens is 406 g/mol. The molecule has 1 aliphatic rings. The second kappa shape index (κ2) is 8.67. The lowest BCUT2D eigenvalue weighted by Crippen LogP contribution is -2.46. The average Bonchev–Trinajstić information content (AvgIpc) is 3.45. The Hall–Kier alpha value is -2.93. The zero-order valence-electron chi connectivity index (χ0n) is 17.5. The summed E-state index contributed by atoms with van der Waals surface area (Å²) in [6, 6.07) is 22.0. The molecule has 1 aliphatic heterocycles. The molecule has 0 aliphatic carbocycles. The number of likely N-dealkylation sites (N-methyl/N-ethyl adjacent to an activating group) is 1. The lowest BCUT2D eigenvalue weighted by molar-refractivity contribution is 0.102. The zero-order chi connectivity index (χ0) is 21.2. The first-order valence-corrected chi connectivity index (χ1v) is 11.4. The van der Waals surface area contributed by atoms with Crippen molar-refractivity contribution in [1.29, 1.82) is 0 Å². The number of carbonyl (C=O) groups excluding carboxylic acids is 1. The van der Waals surface area contributed by atoms with E-state index in [2.05, 4.69) is 46.4 Å². The lowest BCUT2D eigenvalue weighted by Gasteiger charge is -2.37. The molecule has 158 valence electrons. The number of carbonyl (C=O) groups is 1. The number of nitrogens with one attached hydrogen (secondary N) is 1. The molecule has 6 heteroatoms. The number of hydrogen-bond acceptors (Lipinski definition) is 5. The monoisotopic (exact) mass is 431 g/mol. The van der Waals surface area contributed by atoms with Gasteiger partial charge < -0.3 is 14.6 Å². The first-order chi connectivity index (χ1) is 15.2. The van der Waals surface area contributed by atoms with Gasteiger partial charge in [-0.05, 0) is 36.2 Å². The molecule has 0 unspecified atom stereocenters. The minimum Gasteiger partial charge on any atom is -0.457 e. The van der Waals surface area contributed by atoms with E-state index in [9.17, 15) is 4.79 Å². The van der Waals surface area contributed by atoms with Gasteiger partial charge >= 0.3 is 0 Å². The molecule has 0 spiro atoms. The van der Waals surface area contributed by atoms with E-state index in [1.165, 1.54) is 11.3 Å². The quantitative estimate of drug-likeness (QED) is 0.479. The number of furan rings is 1. The summed E-state index contributed by atoms with van der Waals surface area (Å²) in [4.78, 5) is 18.5. The Morgan fingerprint density at radius 2 is 1.71 bits per heavy atom. The maximum Gasteiger partial charge on any atom is 0.265 e. The predicted octanol–water partition coefficient (Wildman–Crippen LogP) is 5.08. The van der Waals surface area contributed by atoms with Gasteiger partial charge in [0.25, 0.3) is 5.91 Å². The molecule has 1 amide bonds. The van der Waals surface area contributed by atoms with Crippen molar-refractivity contribution in [2.75, 3.05) is 38.5 Å². The SMILES string of the molecule is CN1CCN([C@@H](c2ccccc2)c2oc3ccccc3c2NC(=O)c2cccs2)CC1. The number of anilines is 1. The molecule has 31 heavy (non-hydrogen) atoms. The van der Waals surface area contributed by atoms with Gasteiger partial charge in [0, 0.05) is 31.6 Å². The molecule has 0 saturated carbocycles. The summed E-state index contributed by atoms with van der Waals surface area (Å²) >= 11 is 1.44. The molecule has 0 radical (unpaired) electrons. The van der Waals surface area contributed by atoms with Crippen molar-refractivity contribution < 1.29 is 9.21 Å². The Labute approximate surface area is 185 Å². The van der Waals surface area contributed by atoms with Crippen molar-refractivity contribution in [2.45, 2.75) is 6.04 Å². The van der Waals surface area contributed by atoms with Crippen LogP contribution in [-0.4, -0.2) is 48.9 Å². The van der Waals surface area contributed by atoms with E-state index in [0.717, 1.165) is 54.2 Å². The molecule has 1 N–H and O–H groups in total. The van der Waals surface area contributed by atoms with Crippen LogP contribution in [0, 0.1) is 0 Å². The Kier molecular flexibility index (Phi) is 5.59. The van der Waals surface area contributed by atoms with E-state index < -0.39 is 0 Å². The topological polar surface area (TPSA) is 48.7 Å². The highest BCUT2D eigenvalue weighted by molar-refractivity contribution is 7.12. The molecule has 2 aromatic carbocycles. The van der Waals surface area contributed by atoms with Crippen LogP contribution in [0.25, 0.3) is 11.0 Å². The Balaban J connectivity index is 1.62. The summed E-state index contributed by atoms with van der Waals surface area (Å²) in [5, 5.41) is 6.02. The summed E-state index contributed by atoms with van der Waals surface area (Å²) in [6.07, 6.45) is 0. The number of piperazine rings is 1. The fraction of sp³-hybridized carbons (Fsp3) is 0.240. The Morgan fingerprint density at radius 3 is 2.45 bits per heavy atom. The van der Waals surface area contributed by atoms with Crippen LogP contribution in [0.5, 0.6) is 0 Å². The van der Waals surface area contributed by atoms with Gasteiger partial charge in [0.15, 0.2) is 0 Å². The minimum absolute atomic E-state index is 0.0686. The first kappa shape index (κ1) is 20.0. The fourth-order valence-electron chi connectivity index (χ4n) is 4.21. The normalized spacial score (nSPS) is 16.4. The first-order valence-electron chi connectivity index (χ1n) is 10.5. The number of thiophene rings is 1. The maximum absolute atomic E-state index is 13.0. The van der Waals surface area contributed by atoms with E-state index in [1.807, 2.05) is 47.8 Å². The molecule has 1 saturated heterocycles. The second-order valence-electron chi connectivity index (χ2n) is 7.92. The third kappa shape index (κ3) is 4.02. The van der Waals surface area contributed by atoms with Gasteiger partial charge in [-0.15, -0.1) is 11.3 Å². The number of para-hydroxylation sites is 1. The standard InChI is InChI=1S/C25H25N3O2S/c1-27-13-15-28(16-14-27)23(18-8-3-2-4-9-18)24-22(19-10-5-6-11-20(19)30-24)26-25(29)21-12-7-17-31-21/h2-12,17,23H,13-16H2,1H3,(H,26,29)/t23-/m0/s1. The molecule has 4 aromatic rings. The fourth-order valence-corrected chi connectivity index (χ4v) is 4.83. The summed E-state index contributed by atoms with van der Waals surface area (Å²) in [5.74, 6) is 0.690. The molecule has 3 heterocycles. The van der Waals surface area contributed by atoms with E-state index >= 15 is 0 Å². The van der Waals surface area contributed by atoms with Crippen LogP contribution in [0.3, 0.4) is 0 Å². The van der Waals surface area contributed by atoms with Crippen molar-refractivity contribution >= 4 is 33.9 Å². The van der Waals surface area contributed by atoms with Crippen LogP contribution in [0.1, 0.15) is 27.0 Å². The second-order valence-corrected chi connectivity index (χ2v) is 8.87. The molecule has 5 rings (SSSR count). The average molecular weight is 432 g/mol. The van der Waals surface area contributed by atoms with Crippen LogP contribution in [0.4, 0.5) is 5.69 Å². The molecule has 0 bridgehead atoms. The summed E-state index contributed by atoms with van der Waals surface area (Å²) < 4.78 is 6.45. The molecule has 2 aromatic heterocycles. The van der Waals surface area contributed by atoms with Gasteiger partial charge in [0.1, 0.15) is 11.3 Å². The van der Waals surface area contributed by atoms with Gasteiger partial charge in [-0.2, -0.15) is 0 Å². The van der Waals surface area contributed by atoms with Crippen molar-refractivity contribution in [3.63, 3.8) is 0 Å². The van der Waals surface area contributed by atoms with Gasteiger partial charge in [-0.25, -0.2) is 0 Å². The van der Waals surface area contributed by atoms with Crippen molar-refractivity contribution in [1.82, 2.24) is 9.80 Å². The highest BCUT2D eigenvalue weighted by Gasteiger charge is 2.32. The maximum atomic E-state index is 13.0. The largest absolute Gasteiger partial charge is 0.457 e. The van der Waals surface area contributed by atoms with Crippen LogP contribution < -0.4 is 5.32 Å². The van der Waals surface area contributed by atoms with Crippen molar-refractivity contribution in [3.8, 4) is 0 Å². The van der Waals surface area contributed by atoms with Crippen LogP contribution in [-0.2, 0) is 0 Å². The van der Waals surface area contributed by atoms with Gasteiger partial charge in [-0.3, -0.25) is 9.69 Å². The number of nitrogens with zero attached hydrogens (tertiary/aromatic N) is 2. The smallest absolute Gasteiger partial charge is 0.265 e. The number of rotatable bonds is 5. The van der Waals surface area contributed by atoms with Gasteiger partial charge in [0.05, 0.1) is 16.6 Å². The highest BCUT2D eigenvalue weighted by atomic mass is 32.1. The van der Waals surface area contributed by atoms with E-state index in [1.54, 1.807) is 0 Å². The van der Waals surface area contributed by atoms with E-state index in [-0.39, 0.29) is 11.9 Å². The van der Waals surface area contributed by atoms with Crippen molar-refractivity contribution in [3.05, 3.63) is 88.3 Å². The number of fused-ring (bicyclic) bond motifs is 1. The Morgan fingerprint density at radius 1 is 0.968 bits per heavy atom. The number of hydrogen-bond donors (Lipinski definition) is 1. The van der Waals surface area contributed by atoms with E-state index in [0.29, 0.717) is 4.88 Å². The van der Waals surface area contributed by atoms with Gasteiger partial charge in [0.2, 0.25) is 0 Å². The van der Waals surface area contributed by atoms with Crippen LogP contribution in [0.2, 0.25) is 0 Å². The summed E-state index contributed by atoms with van der Waals surface area (Å²) in [6.45, 7) is 3.87. The minimum atomic E-state index is -0.104. The van der Waals surface area contributed by atoms with Crippen LogP contribution in [0.15, 0.2) is 76.5 Å². The number of amides is 1. The molecule has 5 nitrogen and oxygen atoms in total. The predicted molar refractivity (Wildman–Crippen MR) is 126 cm³/mol. The summed E-state index contributed by atoms with van der Waals surface area (Å²) in [5.41, 5.74) is 2.72.